The van der Waals surface area contributed by atoms with Crippen molar-refractivity contribution in [1.82, 2.24) is 4.31 Å². The minimum Gasteiger partial charge on any atom is -0.426 e. The van der Waals surface area contributed by atoms with Gasteiger partial charge in [0.2, 0.25) is 10.0 Å². The highest BCUT2D eigenvalue weighted by Crippen LogP contribution is 2.38. The molecule has 0 spiro atoms. The summed E-state index contributed by atoms with van der Waals surface area (Å²) in [5.41, 5.74) is 0.739. The second-order valence-electron chi connectivity index (χ2n) is 7.05. The molecule has 2 aromatic carbocycles. The molecule has 1 aliphatic heterocycles. The fourth-order valence-electron chi connectivity index (χ4n) is 3.62. The Bertz CT molecular complexity index is 952. The first-order chi connectivity index (χ1) is 13.3. The summed E-state index contributed by atoms with van der Waals surface area (Å²) in [6, 6.07) is 14.6. The van der Waals surface area contributed by atoms with Gasteiger partial charge in [-0.1, -0.05) is 41.9 Å². The van der Waals surface area contributed by atoms with Gasteiger partial charge in [-0.15, -0.1) is 0 Å². The van der Waals surface area contributed by atoms with E-state index in [2.05, 4.69) is 0 Å². The van der Waals surface area contributed by atoms with E-state index in [1.807, 2.05) is 37.3 Å². The normalized spacial score (nSPS) is 17.2. The summed E-state index contributed by atoms with van der Waals surface area (Å²) in [6.07, 6.45) is 0.753. The number of carbonyl (C=O) groups is 1. The predicted molar refractivity (Wildman–Crippen MR) is 110 cm³/mol. The lowest BCUT2D eigenvalue weighted by molar-refractivity contribution is -0.142. The summed E-state index contributed by atoms with van der Waals surface area (Å²) in [5, 5.41) is 0.577. The maximum Gasteiger partial charge on any atom is 0.322 e. The molecule has 0 radical (unpaired) electrons. The summed E-state index contributed by atoms with van der Waals surface area (Å²) in [6.45, 7) is 4.05. The molecule has 5 nitrogen and oxygen atoms in total. The van der Waals surface area contributed by atoms with Crippen LogP contribution < -0.4 is 4.74 Å². The van der Waals surface area contributed by atoms with Crippen LogP contribution in [0.3, 0.4) is 0 Å². The Morgan fingerprint density at radius 1 is 1.14 bits per heavy atom. The van der Waals surface area contributed by atoms with Crippen molar-refractivity contribution in [3.63, 3.8) is 0 Å². The quantitative estimate of drug-likeness (QED) is 0.542. The van der Waals surface area contributed by atoms with Crippen LogP contribution in [-0.2, 0) is 20.2 Å². The molecule has 2 aromatic rings. The summed E-state index contributed by atoms with van der Waals surface area (Å²) >= 11 is 6.00. The largest absolute Gasteiger partial charge is 0.426 e. The second-order valence-corrected chi connectivity index (χ2v) is 9.74. The minimum atomic E-state index is -3.28. The lowest BCUT2D eigenvalue weighted by Crippen LogP contribution is -2.50. The van der Waals surface area contributed by atoms with E-state index in [1.54, 1.807) is 25.1 Å². The third kappa shape index (κ3) is 4.09. The van der Waals surface area contributed by atoms with Gasteiger partial charge in [0.15, 0.2) is 0 Å². The van der Waals surface area contributed by atoms with Crippen LogP contribution in [0.1, 0.15) is 30.9 Å². The first-order valence-corrected chi connectivity index (χ1v) is 11.3. The number of benzene rings is 2. The highest BCUT2D eigenvalue weighted by Gasteiger charge is 2.46. The molecule has 0 atom stereocenters. The smallest absolute Gasteiger partial charge is 0.322 e. The Balaban J connectivity index is 1.91. The summed E-state index contributed by atoms with van der Waals surface area (Å²) < 4.78 is 31.7. The summed E-state index contributed by atoms with van der Waals surface area (Å²) in [7, 11) is -3.28. The van der Waals surface area contributed by atoms with Gasteiger partial charge in [0, 0.05) is 18.1 Å². The topological polar surface area (TPSA) is 63.7 Å². The molecular weight excluding hydrogens is 398 g/mol. The Hall–Kier alpha value is -1.89. The Morgan fingerprint density at radius 3 is 2.36 bits per heavy atom. The van der Waals surface area contributed by atoms with Gasteiger partial charge in [0.1, 0.15) is 5.75 Å². The fourth-order valence-corrected chi connectivity index (χ4v) is 4.95. The Morgan fingerprint density at radius 2 is 1.79 bits per heavy atom. The van der Waals surface area contributed by atoms with Gasteiger partial charge in [-0.05, 0) is 56.0 Å². The molecule has 7 heteroatoms. The van der Waals surface area contributed by atoms with Crippen molar-refractivity contribution in [2.24, 2.45) is 0 Å². The molecule has 0 unspecified atom stereocenters. The molecule has 1 saturated heterocycles. The molecule has 0 aromatic heterocycles. The molecule has 1 fully saturated rings. The standard InChI is InChI=1S/C21H24ClNO4S/c1-3-28(25,26)23-13-11-21(12-14-23,17-7-5-4-6-8-17)20(24)27-19-10-9-18(22)15-16(19)2/h4-10,15H,3,11-14H2,1-2H3. The number of piperidine rings is 1. The average molecular weight is 422 g/mol. The summed E-state index contributed by atoms with van der Waals surface area (Å²) in [5.74, 6) is 0.158. The molecule has 0 aliphatic carbocycles. The monoisotopic (exact) mass is 421 g/mol. The number of sulfonamides is 1. The molecule has 28 heavy (non-hydrogen) atoms. The lowest BCUT2D eigenvalue weighted by atomic mass is 9.73. The number of carbonyl (C=O) groups excluding carboxylic acids is 1. The van der Waals surface area contributed by atoms with Crippen LogP contribution in [0.5, 0.6) is 5.75 Å². The molecule has 0 saturated carbocycles. The average Bonchev–Trinajstić information content (AvgIpc) is 2.70. The number of rotatable bonds is 5. The van der Waals surface area contributed by atoms with E-state index in [4.69, 9.17) is 16.3 Å². The third-order valence-corrected chi connectivity index (χ3v) is 7.51. The van der Waals surface area contributed by atoms with Crippen molar-refractivity contribution in [3.8, 4) is 5.75 Å². The van der Waals surface area contributed by atoms with Crippen molar-refractivity contribution in [2.45, 2.75) is 32.1 Å². The zero-order chi connectivity index (χ0) is 20.4. The van der Waals surface area contributed by atoms with Crippen LogP contribution in [0.2, 0.25) is 5.02 Å². The van der Waals surface area contributed by atoms with Crippen LogP contribution in [0.15, 0.2) is 48.5 Å². The molecule has 1 heterocycles. The molecule has 0 bridgehead atoms. The van der Waals surface area contributed by atoms with Crippen molar-refractivity contribution >= 4 is 27.6 Å². The molecule has 0 amide bonds. The Labute approximate surface area is 171 Å². The van der Waals surface area contributed by atoms with Crippen molar-refractivity contribution < 1.29 is 17.9 Å². The van der Waals surface area contributed by atoms with Gasteiger partial charge in [-0.2, -0.15) is 0 Å². The van der Waals surface area contributed by atoms with E-state index in [-0.39, 0.29) is 11.7 Å². The molecular formula is C21H24ClNO4S. The fraction of sp³-hybridized carbons (Fsp3) is 0.381. The van der Waals surface area contributed by atoms with E-state index in [0.717, 1.165) is 11.1 Å². The zero-order valence-electron chi connectivity index (χ0n) is 16.0. The van der Waals surface area contributed by atoms with E-state index in [9.17, 15) is 13.2 Å². The van der Waals surface area contributed by atoms with E-state index in [0.29, 0.717) is 36.7 Å². The predicted octanol–water partition coefficient (Wildman–Crippen LogP) is 3.94. The molecule has 3 rings (SSSR count). The van der Waals surface area contributed by atoms with Crippen LogP contribution in [0, 0.1) is 6.92 Å². The molecule has 1 aliphatic rings. The van der Waals surface area contributed by atoms with E-state index in [1.165, 1.54) is 4.31 Å². The lowest BCUT2D eigenvalue weighted by Gasteiger charge is -2.39. The number of aryl methyl sites for hydroxylation is 1. The maximum atomic E-state index is 13.3. The van der Waals surface area contributed by atoms with E-state index < -0.39 is 15.4 Å². The van der Waals surface area contributed by atoms with Crippen molar-refractivity contribution in [1.29, 1.82) is 0 Å². The van der Waals surface area contributed by atoms with Crippen molar-refractivity contribution in [3.05, 3.63) is 64.7 Å². The number of halogens is 1. The SMILES string of the molecule is CCS(=O)(=O)N1CCC(C(=O)Oc2ccc(Cl)cc2C)(c2ccccc2)CC1. The summed E-state index contributed by atoms with van der Waals surface area (Å²) in [4.78, 5) is 13.3. The van der Waals surface area contributed by atoms with Gasteiger partial charge >= 0.3 is 5.97 Å². The molecule has 0 N–H and O–H groups in total. The number of nitrogens with zero attached hydrogens (tertiary/aromatic N) is 1. The number of hydrogen-bond donors (Lipinski definition) is 0. The Kier molecular flexibility index (Phi) is 6.12. The van der Waals surface area contributed by atoms with Gasteiger partial charge < -0.3 is 4.74 Å². The van der Waals surface area contributed by atoms with Crippen molar-refractivity contribution in [2.75, 3.05) is 18.8 Å². The first-order valence-electron chi connectivity index (χ1n) is 9.30. The number of hydrogen-bond acceptors (Lipinski definition) is 4. The highest BCUT2D eigenvalue weighted by molar-refractivity contribution is 7.89. The second kappa shape index (κ2) is 8.23. The van der Waals surface area contributed by atoms with Gasteiger partial charge in [-0.3, -0.25) is 4.79 Å². The third-order valence-electron chi connectivity index (χ3n) is 5.39. The molecule has 150 valence electrons. The van der Waals surface area contributed by atoms with Gasteiger partial charge in [0.25, 0.3) is 0 Å². The number of esters is 1. The van der Waals surface area contributed by atoms with Gasteiger partial charge in [0.05, 0.1) is 11.2 Å². The van der Waals surface area contributed by atoms with Crippen LogP contribution in [-0.4, -0.2) is 37.5 Å². The van der Waals surface area contributed by atoms with Gasteiger partial charge in [-0.25, -0.2) is 12.7 Å². The van der Waals surface area contributed by atoms with Crippen LogP contribution in [0.25, 0.3) is 0 Å². The highest BCUT2D eigenvalue weighted by atomic mass is 35.5. The first kappa shape index (κ1) is 20.8. The van der Waals surface area contributed by atoms with E-state index >= 15 is 0 Å². The number of ether oxygens (including phenoxy) is 1. The van der Waals surface area contributed by atoms with Crippen LogP contribution >= 0.6 is 11.6 Å². The van der Waals surface area contributed by atoms with Crippen LogP contribution in [0.4, 0.5) is 0 Å². The zero-order valence-corrected chi connectivity index (χ0v) is 17.6. The minimum absolute atomic E-state index is 0.0553. The maximum absolute atomic E-state index is 13.3.